The highest BCUT2D eigenvalue weighted by Gasteiger charge is 2.35. The second-order valence-corrected chi connectivity index (χ2v) is 9.26. The predicted molar refractivity (Wildman–Crippen MR) is 100 cm³/mol. The van der Waals surface area contributed by atoms with Gasteiger partial charge in [0.05, 0.1) is 29.6 Å². The Labute approximate surface area is 159 Å². The van der Waals surface area contributed by atoms with Crippen molar-refractivity contribution >= 4 is 15.9 Å². The van der Waals surface area contributed by atoms with Crippen LogP contribution in [0, 0.1) is 6.92 Å². The van der Waals surface area contributed by atoms with Crippen molar-refractivity contribution in [3.63, 3.8) is 0 Å². The van der Waals surface area contributed by atoms with Gasteiger partial charge >= 0.3 is 0 Å². The molecule has 0 bridgehead atoms. The molecule has 1 aromatic carbocycles. The minimum Gasteiger partial charge on any atom is -0.343 e. The number of rotatable bonds is 4. The van der Waals surface area contributed by atoms with Crippen LogP contribution in [-0.2, 0) is 21.4 Å². The molecular formula is C19H24N4O3S. The number of amides is 1. The van der Waals surface area contributed by atoms with Gasteiger partial charge in [0.1, 0.15) is 0 Å². The predicted octanol–water partition coefficient (Wildman–Crippen LogP) is 1.95. The molecule has 2 aliphatic rings. The Kier molecular flexibility index (Phi) is 4.77. The van der Waals surface area contributed by atoms with E-state index >= 15 is 0 Å². The number of fused-ring (bicyclic) bond motifs is 1. The molecule has 0 spiro atoms. The first-order chi connectivity index (χ1) is 12.9. The molecule has 1 fully saturated rings. The Morgan fingerprint density at radius 1 is 1.15 bits per heavy atom. The average molecular weight is 388 g/mol. The maximum Gasteiger partial charge on any atom is 0.243 e. The molecule has 0 unspecified atom stereocenters. The molecule has 1 atom stereocenters. The lowest BCUT2D eigenvalue weighted by Crippen LogP contribution is -2.43. The summed E-state index contributed by atoms with van der Waals surface area (Å²) in [5.41, 5.74) is 1.83. The summed E-state index contributed by atoms with van der Waals surface area (Å²) in [6, 6.07) is 8.42. The van der Waals surface area contributed by atoms with E-state index in [2.05, 4.69) is 5.10 Å². The van der Waals surface area contributed by atoms with Crippen molar-refractivity contribution in [3.8, 4) is 0 Å². The van der Waals surface area contributed by atoms with E-state index in [1.807, 2.05) is 22.6 Å². The number of aromatic nitrogens is 2. The van der Waals surface area contributed by atoms with Crippen LogP contribution < -0.4 is 0 Å². The molecule has 144 valence electrons. The van der Waals surface area contributed by atoms with E-state index in [0.717, 1.165) is 37.2 Å². The van der Waals surface area contributed by atoms with E-state index in [1.165, 1.54) is 4.31 Å². The number of aryl methyl sites for hydroxylation is 1. The van der Waals surface area contributed by atoms with Crippen LogP contribution in [0.1, 0.15) is 36.6 Å². The Morgan fingerprint density at radius 2 is 1.85 bits per heavy atom. The Morgan fingerprint density at radius 3 is 2.56 bits per heavy atom. The van der Waals surface area contributed by atoms with E-state index in [0.29, 0.717) is 0 Å². The van der Waals surface area contributed by atoms with Crippen LogP contribution in [0.2, 0.25) is 0 Å². The van der Waals surface area contributed by atoms with Crippen molar-refractivity contribution < 1.29 is 13.2 Å². The molecule has 27 heavy (non-hydrogen) atoms. The second kappa shape index (κ2) is 7.09. The van der Waals surface area contributed by atoms with Gasteiger partial charge in [0.25, 0.3) is 0 Å². The summed E-state index contributed by atoms with van der Waals surface area (Å²) in [6.07, 6.45) is 4.02. The van der Waals surface area contributed by atoms with Crippen LogP contribution in [0.15, 0.2) is 41.4 Å². The Balaban J connectivity index is 1.59. The van der Waals surface area contributed by atoms with Crippen molar-refractivity contribution in [2.45, 2.75) is 43.7 Å². The fourth-order valence-electron chi connectivity index (χ4n) is 3.84. The summed E-state index contributed by atoms with van der Waals surface area (Å²) in [4.78, 5) is 14.8. The molecule has 0 N–H and O–H groups in total. The van der Waals surface area contributed by atoms with Crippen LogP contribution in [-0.4, -0.2) is 52.9 Å². The molecule has 1 amide bonds. The molecule has 0 saturated carbocycles. The zero-order valence-corrected chi connectivity index (χ0v) is 16.2. The molecule has 0 radical (unpaired) electrons. The SMILES string of the molecule is Cc1ccc(S(=O)(=O)N2Cc3ccnn3[C@H](CC(=O)N3CCCC3)C2)cc1. The molecule has 4 rings (SSSR count). The normalized spacial score (nSPS) is 20.6. The highest BCUT2D eigenvalue weighted by molar-refractivity contribution is 7.89. The second-order valence-electron chi connectivity index (χ2n) is 7.32. The number of likely N-dealkylation sites (tertiary alicyclic amines) is 1. The van der Waals surface area contributed by atoms with E-state index < -0.39 is 10.0 Å². The molecule has 2 aromatic rings. The van der Waals surface area contributed by atoms with Crippen molar-refractivity contribution in [3.05, 3.63) is 47.8 Å². The maximum absolute atomic E-state index is 13.1. The third-order valence-corrected chi connectivity index (χ3v) is 7.20. The topological polar surface area (TPSA) is 75.5 Å². The first-order valence-corrected chi connectivity index (χ1v) is 10.8. The standard InChI is InChI=1S/C19H24N4O3S/c1-15-4-6-18(7-5-15)27(25,26)22-13-16-8-9-20-23(16)17(14-22)12-19(24)21-10-2-3-11-21/h4-9,17H,2-3,10-14H2,1H3/t17-/m1/s1. The number of hydrogen-bond donors (Lipinski definition) is 0. The quantitative estimate of drug-likeness (QED) is 0.802. The Hall–Kier alpha value is -2.19. The zero-order chi connectivity index (χ0) is 19.0. The zero-order valence-electron chi connectivity index (χ0n) is 15.4. The van der Waals surface area contributed by atoms with E-state index in [4.69, 9.17) is 0 Å². The van der Waals surface area contributed by atoms with E-state index in [9.17, 15) is 13.2 Å². The monoisotopic (exact) mass is 388 g/mol. The van der Waals surface area contributed by atoms with Gasteiger partial charge in [-0.05, 0) is 38.0 Å². The Bertz CT molecular complexity index is 930. The summed E-state index contributed by atoms with van der Waals surface area (Å²) in [6.45, 7) is 4.04. The molecule has 1 saturated heterocycles. The molecule has 2 aliphatic heterocycles. The molecule has 7 nitrogen and oxygen atoms in total. The van der Waals surface area contributed by atoms with Crippen LogP contribution >= 0.6 is 0 Å². The van der Waals surface area contributed by atoms with E-state index in [1.54, 1.807) is 30.5 Å². The van der Waals surface area contributed by atoms with Gasteiger partial charge in [0.15, 0.2) is 0 Å². The number of carbonyl (C=O) groups is 1. The van der Waals surface area contributed by atoms with Crippen LogP contribution in [0.5, 0.6) is 0 Å². The van der Waals surface area contributed by atoms with Gasteiger partial charge in [0.2, 0.25) is 15.9 Å². The summed E-state index contributed by atoms with van der Waals surface area (Å²) < 4.78 is 29.5. The summed E-state index contributed by atoms with van der Waals surface area (Å²) in [5.74, 6) is 0.0773. The highest BCUT2D eigenvalue weighted by atomic mass is 32.2. The fourth-order valence-corrected chi connectivity index (χ4v) is 5.29. The lowest BCUT2D eigenvalue weighted by molar-refractivity contribution is -0.131. The third kappa shape index (κ3) is 3.51. The van der Waals surface area contributed by atoms with Gasteiger partial charge in [-0.15, -0.1) is 0 Å². The molecule has 0 aliphatic carbocycles. The summed E-state index contributed by atoms with van der Waals surface area (Å²) in [5, 5.41) is 4.34. The van der Waals surface area contributed by atoms with Crippen molar-refractivity contribution in [2.75, 3.05) is 19.6 Å². The summed E-state index contributed by atoms with van der Waals surface area (Å²) >= 11 is 0. The van der Waals surface area contributed by atoms with Gasteiger partial charge in [-0.2, -0.15) is 9.40 Å². The number of benzene rings is 1. The molecule has 1 aromatic heterocycles. The van der Waals surface area contributed by atoms with Crippen molar-refractivity contribution in [1.29, 1.82) is 0 Å². The smallest absolute Gasteiger partial charge is 0.243 e. The largest absolute Gasteiger partial charge is 0.343 e. The minimum atomic E-state index is -3.62. The number of nitrogens with zero attached hydrogens (tertiary/aromatic N) is 4. The van der Waals surface area contributed by atoms with Gasteiger partial charge in [0, 0.05) is 25.8 Å². The first kappa shape index (κ1) is 18.2. The van der Waals surface area contributed by atoms with Crippen LogP contribution in [0.4, 0.5) is 0 Å². The number of carbonyl (C=O) groups excluding carboxylic acids is 1. The fraction of sp³-hybridized carbons (Fsp3) is 0.474. The van der Waals surface area contributed by atoms with Crippen LogP contribution in [0.3, 0.4) is 0 Å². The highest BCUT2D eigenvalue weighted by Crippen LogP contribution is 2.29. The first-order valence-electron chi connectivity index (χ1n) is 9.32. The lowest BCUT2D eigenvalue weighted by atomic mass is 10.1. The van der Waals surface area contributed by atoms with Crippen molar-refractivity contribution in [2.24, 2.45) is 0 Å². The van der Waals surface area contributed by atoms with Gasteiger partial charge in [-0.25, -0.2) is 8.42 Å². The molecule has 8 heteroatoms. The van der Waals surface area contributed by atoms with Crippen molar-refractivity contribution in [1.82, 2.24) is 19.0 Å². The minimum absolute atomic E-state index is 0.0773. The van der Waals surface area contributed by atoms with Gasteiger partial charge in [-0.1, -0.05) is 17.7 Å². The molecule has 3 heterocycles. The number of sulfonamides is 1. The lowest BCUT2D eigenvalue weighted by Gasteiger charge is -2.33. The maximum atomic E-state index is 13.1. The van der Waals surface area contributed by atoms with Crippen LogP contribution in [0.25, 0.3) is 0 Å². The van der Waals surface area contributed by atoms with Gasteiger partial charge in [-0.3, -0.25) is 9.48 Å². The molecular weight excluding hydrogens is 364 g/mol. The number of hydrogen-bond acceptors (Lipinski definition) is 4. The van der Waals surface area contributed by atoms with E-state index in [-0.39, 0.29) is 36.4 Å². The average Bonchev–Trinajstić information content (AvgIpc) is 3.34. The third-order valence-electron chi connectivity index (χ3n) is 5.38. The van der Waals surface area contributed by atoms with Gasteiger partial charge < -0.3 is 4.90 Å². The summed E-state index contributed by atoms with van der Waals surface area (Å²) in [7, 11) is -3.62.